The molecule has 0 aliphatic carbocycles. The summed E-state index contributed by atoms with van der Waals surface area (Å²) in [4.78, 5) is 16.7. The Bertz CT molecular complexity index is 931. The maximum Gasteiger partial charge on any atom is 0.241 e. The zero-order valence-electron chi connectivity index (χ0n) is 14.8. The van der Waals surface area contributed by atoms with Crippen molar-refractivity contribution in [2.24, 2.45) is 0 Å². The van der Waals surface area contributed by atoms with Gasteiger partial charge >= 0.3 is 0 Å². The number of benzene rings is 2. The molecule has 2 fully saturated rings. The number of hydrogen-bond acceptors (Lipinski definition) is 4. The monoisotopic (exact) mass is 448 g/mol. The van der Waals surface area contributed by atoms with Crippen LogP contribution in [-0.2, 0) is 21.1 Å². The van der Waals surface area contributed by atoms with Crippen LogP contribution in [0.15, 0.2) is 59.1 Å². The van der Waals surface area contributed by atoms with Crippen molar-refractivity contribution in [1.29, 1.82) is 0 Å². The molecule has 5 nitrogen and oxygen atoms in total. The van der Waals surface area contributed by atoms with Crippen LogP contribution in [0.4, 0.5) is 5.69 Å². The number of fused-ring (bicyclic) bond motifs is 1. The number of halogens is 1. The lowest BCUT2D eigenvalue weighted by Gasteiger charge is -2.43. The van der Waals surface area contributed by atoms with E-state index in [0.717, 1.165) is 16.6 Å². The van der Waals surface area contributed by atoms with E-state index in [9.17, 15) is 13.2 Å². The minimum atomic E-state index is -3.16. The summed E-state index contributed by atoms with van der Waals surface area (Å²) in [6.07, 6.45) is 0.801. The quantitative estimate of drug-likeness (QED) is 0.720. The van der Waals surface area contributed by atoms with Crippen LogP contribution in [0.25, 0.3) is 0 Å². The normalized spacial score (nSPS) is 24.8. The molecule has 0 radical (unpaired) electrons. The molecular weight excluding hydrogens is 428 g/mol. The van der Waals surface area contributed by atoms with Crippen LogP contribution < -0.4 is 4.90 Å². The lowest BCUT2D eigenvalue weighted by Crippen LogP contribution is -2.62. The van der Waals surface area contributed by atoms with Crippen molar-refractivity contribution in [3.8, 4) is 0 Å². The van der Waals surface area contributed by atoms with Crippen LogP contribution in [0.1, 0.15) is 5.56 Å². The van der Waals surface area contributed by atoms with Crippen LogP contribution in [0.5, 0.6) is 0 Å². The highest BCUT2D eigenvalue weighted by Gasteiger charge is 2.49. The molecule has 2 aliphatic heterocycles. The zero-order chi connectivity index (χ0) is 19.0. The van der Waals surface area contributed by atoms with Gasteiger partial charge in [-0.2, -0.15) is 0 Å². The van der Waals surface area contributed by atoms with E-state index < -0.39 is 9.84 Å². The molecule has 4 rings (SSSR count). The second-order valence-electron chi connectivity index (χ2n) is 7.16. The first-order chi connectivity index (χ1) is 12.9. The van der Waals surface area contributed by atoms with Gasteiger partial charge in [0.2, 0.25) is 5.91 Å². The molecular formula is C20H21BrN2O3S. The first kappa shape index (κ1) is 18.7. The molecule has 0 unspecified atom stereocenters. The predicted molar refractivity (Wildman–Crippen MR) is 110 cm³/mol. The second-order valence-corrected chi connectivity index (χ2v) is 10.2. The molecule has 0 N–H and O–H groups in total. The summed E-state index contributed by atoms with van der Waals surface area (Å²) in [5.41, 5.74) is 1.95. The van der Waals surface area contributed by atoms with Gasteiger partial charge in [0.1, 0.15) is 0 Å². The molecule has 0 spiro atoms. The second kappa shape index (κ2) is 7.37. The third kappa shape index (κ3) is 3.95. The van der Waals surface area contributed by atoms with Crippen LogP contribution in [0.3, 0.4) is 0 Å². The Morgan fingerprint density at radius 3 is 2.33 bits per heavy atom. The minimum Gasteiger partial charge on any atom is -0.306 e. The highest BCUT2D eigenvalue weighted by molar-refractivity contribution is 9.10. The third-order valence-electron chi connectivity index (χ3n) is 5.34. The van der Waals surface area contributed by atoms with Crippen molar-refractivity contribution in [2.75, 3.05) is 29.5 Å². The third-order valence-corrected chi connectivity index (χ3v) is 7.56. The van der Waals surface area contributed by atoms with Crippen LogP contribution in [0, 0.1) is 0 Å². The number of nitrogens with zero attached hydrogens (tertiary/aromatic N) is 2. The van der Waals surface area contributed by atoms with Gasteiger partial charge in [0.05, 0.1) is 24.1 Å². The molecule has 2 aliphatic rings. The van der Waals surface area contributed by atoms with Crippen LogP contribution in [0.2, 0.25) is 0 Å². The van der Waals surface area contributed by atoms with E-state index in [0.29, 0.717) is 6.54 Å². The molecule has 7 heteroatoms. The van der Waals surface area contributed by atoms with Crippen LogP contribution >= 0.6 is 15.9 Å². The molecule has 2 heterocycles. The van der Waals surface area contributed by atoms with E-state index in [1.807, 2.05) is 42.5 Å². The Labute approximate surface area is 168 Å². The van der Waals surface area contributed by atoms with Gasteiger partial charge in [0.15, 0.2) is 9.84 Å². The summed E-state index contributed by atoms with van der Waals surface area (Å²) >= 11 is 3.40. The molecule has 27 heavy (non-hydrogen) atoms. The van der Waals surface area contributed by atoms with Crippen molar-refractivity contribution in [3.63, 3.8) is 0 Å². The highest BCUT2D eigenvalue weighted by Crippen LogP contribution is 2.32. The summed E-state index contributed by atoms with van der Waals surface area (Å²) < 4.78 is 25.7. The SMILES string of the molecule is O=C1CN(CCc2ccccc2)[C@@H]2CS(=O)(=O)C[C@@H]2N1c1ccc(Br)cc1. The number of sulfone groups is 1. The minimum absolute atomic E-state index is 0.0291. The molecule has 2 atom stereocenters. The predicted octanol–water partition coefficient (Wildman–Crippen LogP) is 2.51. The van der Waals surface area contributed by atoms with Crippen molar-refractivity contribution in [2.45, 2.75) is 18.5 Å². The fourth-order valence-corrected chi connectivity index (χ4v) is 6.30. The van der Waals surface area contributed by atoms with E-state index in [2.05, 4.69) is 33.0 Å². The first-order valence-electron chi connectivity index (χ1n) is 8.99. The molecule has 1 amide bonds. The Morgan fingerprint density at radius 1 is 0.963 bits per heavy atom. The lowest BCUT2D eigenvalue weighted by molar-refractivity contribution is -0.123. The first-order valence-corrected chi connectivity index (χ1v) is 11.6. The van der Waals surface area contributed by atoms with Gasteiger partial charge in [-0.1, -0.05) is 46.3 Å². The van der Waals surface area contributed by atoms with Gasteiger partial charge in [-0.05, 0) is 36.2 Å². The van der Waals surface area contributed by atoms with Gasteiger partial charge in [-0.25, -0.2) is 8.42 Å². The average molecular weight is 449 g/mol. The number of anilines is 1. The molecule has 142 valence electrons. The van der Waals surface area contributed by atoms with E-state index >= 15 is 0 Å². The standard InChI is InChI=1S/C20H21BrN2O3S/c21-16-6-8-17(9-7-16)23-19-14-27(25,26)13-18(19)22(12-20(23)24)11-10-15-4-2-1-3-5-15/h1-9,18-19H,10-14H2/t18-,19+/m1/s1. The number of carbonyl (C=O) groups is 1. The van der Waals surface area contributed by atoms with E-state index in [4.69, 9.17) is 0 Å². The fraction of sp³-hybridized carbons (Fsp3) is 0.350. The summed E-state index contributed by atoms with van der Waals surface area (Å²) in [5, 5.41) is 0. The summed E-state index contributed by atoms with van der Waals surface area (Å²) in [6, 6.07) is 17.1. The topological polar surface area (TPSA) is 57.7 Å². The van der Waals surface area contributed by atoms with Gasteiger partial charge in [0.25, 0.3) is 0 Å². The number of piperazine rings is 1. The van der Waals surface area contributed by atoms with E-state index in [-0.39, 0.29) is 36.0 Å². The molecule has 2 saturated heterocycles. The van der Waals surface area contributed by atoms with Gasteiger partial charge in [-0.3, -0.25) is 9.69 Å². The number of hydrogen-bond donors (Lipinski definition) is 0. The summed E-state index contributed by atoms with van der Waals surface area (Å²) in [5.74, 6) is 0.109. The largest absolute Gasteiger partial charge is 0.306 e. The fourth-order valence-electron chi connectivity index (χ4n) is 4.06. The smallest absolute Gasteiger partial charge is 0.241 e. The van der Waals surface area contributed by atoms with Gasteiger partial charge in [-0.15, -0.1) is 0 Å². The zero-order valence-corrected chi connectivity index (χ0v) is 17.2. The average Bonchev–Trinajstić information content (AvgIpc) is 2.97. The number of rotatable bonds is 4. The van der Waals surface area contributed by atoms with E-state index in [1.165, 1.54) is 5.56 Å². The van der Waals surface area contributed by atoms with Crippen molar-refractivity contribution >= 4 is 37.4 Å². The highest BCUT2D eigenvalue weighted by atomic mass is 79.9. The Balaban J connectivity index is 1.59. The maximum atomic E-state index is 12.9. The van der Waals surface area contributed by atoms with Crippen molar-refractivity contribution < 1.29 is 13.2 Å². The molecule has 2 aromatic rings. The molecule has 0 bridgehead atoms. The van der Waals surface area contributed by atoms with Gasteiger partial charge < -0.3 is 4.90 Å². The van der Waals surface area contributed by atoms with E-state index in [1.54, 1.807) is 4.90 Å². The lowest BCUT2D eigenvalue weighted by atomic mass is 10.0. The molecule has 2 aromatic carbocycles. The maximum absolute atomic E-state index is 12.9. The van der Waals surface area contributed by atoms with Crippen molar-refractivity contribution in [1.82, 2.24) is 4.90 Å². The number of carbonyl (C=O) groups excluding carboxylic acids is 1. The Morgan fingerprint density at radius 2 is 1.63 bits per heavy atom. The van der Waals surface area contributed by atoms with Crippen LogP contribution in [-0.4, -0.2) is 55.9 Å². The summed E-state index contributed by atoms with van der Waals surface area (Å²) in [7, 11) is -3.16. The van der Waals surface area contributed by atoms with Crippen molar-refractivity contribution in [3.05, 3.63) is 64.6 Å². The van der Waals surface area contributed by atoms with Gasteiger partial charge in [0, 0.05) is 22.7 Å². The Hall–Kier alpha value is -1.70. The number of amides is 1. The molecule has 0 saturated carbocycles. The summed E-state index contributed by atoms with van der Waals surface area (Å²) in [6.45, 7) is 0.931. The molecule has 0 aromatic heterocycles. The Kier molecular flexibility index (Phi) is 5.09.